The first kappa shape index (κ1) is 15.5. The zero-order valence-electron chi connectivity index (χ0n) is 13.8. The fraction of sp³-hybridized carbons (Fsp3) is 0.474. The number of piperidine rings is 1. The zero-order chi connectivity index (χ0) is 17.1. The van der Waals surface area contributed by atoms with Gasteiger partial charge in [0, 0.05) is 24.5 Å². The molecule has 1 aliphatic heterocycles. The van der Waals surface area contributed by atoms with Gasteiger partial charge in [-0.25, -0.2) is 9.37 Å². The van der Waals surface area contributed by atoms with E-state index < -0.39 is 0 Å². The molecular weight excluding hydrogens is 337 g/mol. The monoisotopic (exact) mass is 357 g/mol. The summed E-state index contributed by atoms with van der Waals surface area (Å²) in [6.45, 7) is 0.504. The van der Waals surface area contributed by atoms with Crippen molar-refractivity contribution in [2.75, 3.05) is 6.54 Å². The number of carbonyl (C=O) groups excluding carboxylic acids is 1. The summed E-state index contributed by atoms with van der Waals surface area (Å²) in [7, 11) is 0. The van der Waals surface area contributed by atoms with Crippen molar-refractivity contribution in [1.82, 2.24) is 9.88 Å². The van der Waals surface area contributed by atoms with Crippen LogP contribution in [0.25, 0.3) is 10.4 Å². The molecule has 130 valence electrons. The Bertz CT molecular complexity index is 830. The Morgan fingerprint density at radius 2 is 2.04 bits per heavy atom. The number of nitrogens with two attached hydrogens (primary N) is 1. The molecule has 0 unspecified atom stereocenters. The number of carbonyl (C=O) groups is 1. The van der Waals surface area contributed by atoms with Crippen LogP contribution in [0.4, 0.5) is 4.39 Å². The van der Waals surface area contributed by atoms with Crippen molar-refractivity contribution >= 4 is 17.2 Å². The van der Waals surface area contributed by atoms with Crippen LogP contribution < -0.4 is 5.73 Å². The quantitative estimate of drug-likeness (QED) is 0.912. The lowest BCUT2D eigenvalue weighted by Gasteiger charge is -2.26. The minimum Gasteiger partial charge on any atom is -0.330 e. The van der Waals surface area contributed by atoms with E-state index in [1.54, 1.807) is 23.5 Å². The second kappa shape index (κ2) is 5.61. The molecule has 3 fully saturated rings. The summed E-state index contributed by atoms with van der Waals surface area (Å²) in [6.07, 6.45) is 4.39. The van der Waals surface area contributed by atoms with E-state index >= 15 is 0 Å². The number of rotatable bonds is 4. The Morgan fingerprint density at radius 1 is 1.28 bits per heavy atom. The van der Waals surface area contributed by atoms with E-state index in [4.69, 9.17) is 10.7 Å². The highest BCUT2D eigenvalue weighted by molar-refractivity contribution is 7.15. The van der Waals surface area contributed by atoms with Gasteiger partial charge >= 0.3 is 0 Å². The van der Waals surface area contributed by atoms with E-state index in [0.29, 0.717) is 30.1 Å². The minimum absolute atomic E-state index is 0.00271. The zero-order valence-corrected chi connectivity index (χ0v) is 14.6. The molecule has 2 N–H and O–H groups in total. The maximum Gasteiger partial charge on any atom is 0.274 e. The van der Waals surface area contributed by atoms with E-state index in [1.807, 2.05) is 4.90 Å². The minimum atomic E-state index is -0.271. The molecule has 6 heteroatoms. The summed E-state index contributed by atoms with van der Waals surface area (Å²) in [5.74, 6) is 0.839. The van der Waals surface area contributed by atoms with Crippen LogP contribution in [-0.4, -0.2) is 34.4 Å². The molecule has 3 aliphatic rings. The van der Waals surface area contributed by atoms with Gasteiger partial charge in [-0.15, -0.1) is 11.3 Å². The number of hydrogen-bond donors (Lipinski definition) is 1. The third kappa shape index (κ3) is 2.59. The number of hydrogen-bond acceptors (Lipinski definition) is 4. The second-order valence-corrected chi connectivity index (χ2v) is 8.44. The second-order valence-electron chi connectivity index (χ2n) is 7.41. The molecule has 2 aliphatic carbocycles. The van der Waals surface area contributed by atoms with Gasteiger partial charge in [0.1, 0.15) is 11.5 Å². The first-order valence-electron chi connectivity index (χ1n) is 8.95. The Morgan fingerprint density at radius 3 is 2.72 bits per heavy atom. The van der Waals surface area contributed by atoms with Crippen LogP contribution in [-0.2, 0) is 0 Å². The van der Waals surface area contributed by atoms with Gasteiger partial charge in [0.15, 0.2) is 0 Å². The fourth-order valence-corrected chi connectivity index (χ4v) is 5.22. The molecule has 3 atom stereocenters. The first-order valence-corrected chi connectivity index (χ1v) is 9.76. The molecule has 1 aromatic carbocycles. The third-order valence-electron chi connectivity index (χ3n) is 5.60. The van der Waals surface area contributed by atoms with Gasteiger partial charge < -0.3 is 10.6 Å². The predicted octanol–water partition coefficient (Wildman–Crippen LogP) is 3.39. The van der Waals surface area contributed by atoms with Crippen molar-refractivity contribution in [2.24, 2.45) is 11.7 Å². The molecule has 25 heavy (non-hydrogen) atoms. The molecule has 0 bridgehead atoms. The van der Waals surface area contributed by atoms with Crippen molar-refractivity contribution in [2.45, 2.75) is 43.7 Å². The highest BCUT2D eigenvalue weighted by Crippen LogP contribution is 2.49. The van der Waals surface area contributed by atoms with Crippen molar-refractivity contribution in [3.63, 3.8) is 0 Å². The van der Waals surface area contributed by atoms with E-state index in [2.05, 4.69) is 0 Å². The van der Waals surface area contributed by atoms with Crippen LogP contribution >= 0.6 is 11.3 Å². The van der Waals surface area contributed by atoms with Crippen LogP contribution in [0.3, 0.4) is 0 Å². The summed E-state index contributed by atoms with van der Waals surface area (Å²) >= 11 is 1.59. The Kier molecular flexibility index (Phi) is 3.47. The highest BCUT2D eigenvalue weighted by Gasteiger charge is 2.54. The lowest BCUT2D eigenvalue weighted by atomic mass is 10.1. The third-order valence-corrected chi connectivity index (χ3v) is 6.86. The number of amides is 1. The Balaban J connectivity index is 1.55. The number of aromatic nitrogens is 1. The molecule has 0 spiro atoms. The number of nitrogens with zero attached hydrogens (tertiary/aromatic N) is 2. The maximum absolute atomic E-state index is 13.3. The molecule has 4 nitrogen and oxygen atoms in total. The van der Waals surface area contributed by atoms with Crippen molar-refractivity contribution < 1.29 is 9.18 Å². The van der Waals surface area contributed by atoms with Crippen LogP contribution in [0.5, 0.6) is 0 Å². The van der Waals surface area contributed by atoms with Gasteiger partial charge in [0.05, 0.1) is 9.88 Å². The van der Waals surface area contributed by atoms with E-state index in [-0.39, 0.29) is 17.8 Å². The van der Waals surface area contributed by atoms with Crippen LogP contribution in [0.15, 0.2) is 24.3 Å². The van der Waals surface area contributed by atoms with Crippen molar-refractivity contribution in [1.29, 1.82) is 0 Å². The summed E-state index contributed by atoms with van der Waals surface area (Å²) in [5.41, 5.74) is 7.30. The Hall–Kier alpha value is -1.79. The standard InChI is InChI=1S/C19H20FN3OS/c20-13-5-3-10(4-6-13)17-16(22-18(25-17)11-1-2-11)19(24)23-14(9-21)7-12-8-15(12)23/h3-6,11-12,14-15H,1-2,7-9,21H2/t12-,14+,15+/m1/s1. The highest BCUT2D eigenvalue weighted by atomic mass is 32.1. The van der Waals surface area contributed by atoms with Gasteiger partial charge in [0.2, 0.25) is 0 Å². The average Bonchev–Trinajstić information content (AvgIpc) is 3.54. The average molecular weight is 357 g/mol. The summed E-state index contributed by atoms with van der Waals surface area (Å²) in [5, 5.41) is 1.04. The van der Waals surface area contributed by atoms with E-state index in [9.17, 15) is 9.18 Å². The number of halogens is 1. The summed E-state index contributed by atoms with van der Waals surface area (Å²) in [6, 6.07) is 6.82. The predicted molar refractivity (Wildman–Crippen MR) is 95.0 cm³/mol. The topological polar surface area (TPSA) is 59.2 Å². The van der Waals surface area contributed by atoms with Crippen LogP contribution in [0, 0.1) is 11.7 Å². The van der Waals surface area contributed by atoms with Crippen molar-refractivity contribution in [3.8, 4) is 10.4 Å². The fourth-order valence-electron chi connectivity index (χ4n) is 3.99. The van der Waals surface area contributed by atoms with Crippen LogP contribution in [0.2, 0.25) is 0 Å². The Labute approximate surface area is 149 Å². The van der Waals surface area contributed by atoms with E-state index in [1.165, 1.54) is 12.1 Å². The molecule has 2 aromatic rings. The van der Waals surface area contributed by atoms with Gasteiger partial charge in [-0.1, -0.05) is 12.1 Å². The molecule has 0 radical (unpaired) electrons. The largest absolute Gasteiger partial charge is 0.330 e. The van der Waals surface area contributed by atoms with Gasteiger partial charge in [-0.2, -0.15) is 0 Å². The number of thiazole rings is 1. The smallest absolute Gasteiger partial charge is 0.274 e. The first-order chi connectivity index (χ1) is 12.2. The molecule has 5 rings (SSSR count). The maximum atomic E-state index is 13.3. The lowest BCUT2D eigenvalue weighted by molar-refractivity contribution is 0.0701. The lowest BCUT2D eigenvalue weighted by Crippen LogP contribution is -2.42. The van der Waals surface area contributed by atoms with Gasteiger partial charge in [-0.3, -0.25) is 4.79 Å². The summed E-state index contributed by atoms with van der Waals surface area (Å²) < 4.78 is 13.3. The molecule has 1 saturated heterocycles. The van der Waals surface area contributed by atoms with Crippen molar-refractivity contribution in [3.05, 3.63) is 40.8 Å². The van der Waals surface area contributed by atoms with Crippen LogP contribution in [0.1, 0.15) is 47.1 Å². The van der Waals surface area contributed by atoms with Gasteiger partial charge in [-0.05, 0) is 49.3 Å². The summed E-state index contributed by atoms with van der Waals surface area (Å²) in [4.78, 5) is 20.9. The van der Waals surface area contributed by atoms with E-state index in [0.717, 1.165) is 41.1 Å². The molecule has 2 saturated carbocycles. The number of likely N-dealkylation sites (tertiary alicyclic amines) is 1. The number of fused-ring (bicyclic) bond motifs is 1. The SMILES string of the molecule is NC[C@@H]1C[C@@H]2C[C@@H]2N1C(=O)c1nc(C2CC2)sc1-c1ccc(F)cc1. The normalized spacial score (nSPS) is 27.4. The molecule has 2 heterocycles. The number of benzene rings is 1. The molecular formula is C19H20FN3OS. The molecule has 1 amide bonds. The van der Waals surface area contributed by atoms with Gasteiger partial charge in [0.25, 0.3) is 5.91 Å². The molecule has 1 aromatic heterocycles.